The number of carbonyl (C=O) groups excluding carboxylic acids is 1. The van der Waals surface area contributed by atoms with Gasteiger partial charge in [-0.3, -0.25) is 14.7 Å². The molecular formula is C26H25N7O2S. The number of nitrogens with zero attached hydrogens (tertiary/aromatic N) is 7. The number of piperazine rings is 1. The SMILES string of the molecule is CC(=O)N1CCN(Cc2ccc(COc3nccc(C(C#N)c4nc5cnccc5s4)n3)cc2)CC1. The standard InChI is InChI=1S/C26H25N7O2S/c1-18(34)33-12-10-32(11-13-33)16-19-2-4-20(5-3-19)17-35-26-29-9-6-22(31-26)21(14-27)25-30-23-15-28-8-7-24(23)36-25/h2-9,15,21H,10-13,16-17H2,1H3. The monoisotopic (exact) mass is 499 g/mol. The maximum atomic E-state index is 11.5. The summed E-state index contributed by atoms with van der Waals surface area (Å²) in [5.74, 6) is -0.463. The molecule has 4 aromatic rings. The normalized spacial score (nSPS) is 14.9. The first-order valence-electron chi connectivity index (χ1n) is 11.7. The van der Waals surface area contributed by atoms with Crippen LogP contribution in [0.3, 0.4) is 0 Å². The summed E-state index contributed by atoms with van der Waals surface area (Å²) < 4.78 is 6.82. The number of hydrogen-bond acceptors (Lipinski definition) is 9. The smallest absolute Gasteiger partial charge is 0.316 e. The lowest BCUT2D eigenvalue weighted by atomic mass is 10.1. The predicted octanol–water partition coefficient (Wildman–Crippen LogP) is 3.38. The molecule has 9 nitrogen and oxygen atoms in total. The average Bonchev–Trinajstić information content (AvgIpc) is 3.33. The van der Waals surface area contributed by atoms with Crippen molar-refractivity contribution < 1.29 is 9.53 Å². The fourth-order valence-electron chi connectivity index (χ4n) is 4.12. The van der Waals surface area contributed by atoms with Crippen molar-refractivity contribution in [3.8, 4) is 12.1 Å². The van der Waals surface area contributed by atoms with Crippen LogP contribution in [0.2, 0.25) is 0 Å². The van der Waals surface area contributed by atoms with Crippen molar-refractivity contribution in [1.82, 2.24) is 29.7 Å². The van der Waals surface area contributed by atoms with E-state index in [-0.39, 0.29) is 11.9 Å². The average molecular weight is 500 g/mol. The zero-order chi connectivity index (χ0) is 24.9. The third kappa shape index (κ3) is 5.48. The molecule has 0 N–H and O–H groups in total. The predicted molar refractivity (Wildman–Crippen MR) is 135 cm³/mol. The molecule has 1 unspecified atom stereocenters. The van der Waals surface area contributed by atoms with Crippen molar-refractivity contribution in [2.24, 2.45) is 0 Å². The van der Waals surface area contributed by atoms with Gasteiger partial charge in [-0.2, -0.15) is 10.2 Å². The fraction of sp³-hybridized carbons (Fsp3) is 0.308. The Morgan fingerprint density at radius 3 is 2.58 bits per heavy atom. The van der Waals surface area contributed by atoms with Crippen LogP contribution in [0.1, 0.15) is 34.7 Å². The Labute approximate surface area is 213 Å². The molecule has 1 aliphatic rings. The van der Waals surface area contributed by atoms with Gasteiger partial charge in [-0.15, -0.1) is 11.3 Å². The van der Waals surface area contributed by atoms with Gasteiger partial charge in [-0.1, -0.05) is 24.3 Å². The van der Waals surface area contributed by atoms with Gasteiger partial charge in [-0.05, 0) is 23.3 Å². The summed E-state index contributed by atoms with van der Waals surface area (Å²) in [5.41, 5.74) is 3.54. The van der Waals surface area contributed by atoms with E-state index >= 15 is 0 Å². The van der Waals surface area contributed by atoms with E-state index in [0.717, 1.165) is 48.5 Å². The van der Waals surface area contributed by atoms with E-state index in [1.165, 1.54) is 16.9 Å². The molecule has 10 heteroatoms. The summed E-state index contributed by atoms with van der Waals surface area (Å²) in [7, 11) is 0. The lowest BCUT2D eigenvalue weighted by Gasteiger charge is -2.34. The summed E-state index contributed by atoms with van der Waals surface area (Å²) in [6.45, 7) is 6.14. The van der Waals surface area contributed by atoms with Crippen LogP contribution in [-0.2, 0) is 17.9 Å². The van der Waals surface area contributed by atoms with E-state index < -0.39 is 5.92 Å². The minimum atomic E-state index is -0.607. The van der Waals surface area contributed by atoms with Gasteiger partial charge < -0.3 is 9.64 Å². The Balaban J connectivity index is 1.19. The molecule has 0 radical (unpaired) electrons. The molecule has 1 fully saturated rings. The van der Waals surface area contributed by atoms with E-state index in [2.05, 4.69) is 43.0 Å². The van der Waals surface area contributed by atoms with Crippen LogP contribution in [0.15, 0.2) is 55.0 Å². The number of rotatable bonds is 7. The van der Waals surface area contributed by atoms with Crippen LogP contribution in [0.4, 0.5) is 0 Å². The minimum Gasteiger partial charge on any atom is -0.459 e. The molecule has 1 saturated heterocycles. The lowest BCUT2D eigenvalue weighted by Crippen LogP contribution is -2.47. The topological polar surface area (TPSA) is 108 Å². The fourth-order valence-corrected chi connectivity index (χ4v) is 5.11. The zero-order valence-corrected chi connectivity index (χ0v) is 20.7. The summed E-state index contributed by atoms with van der Waals surface area (Å²) in [6, 6.07) is 14.4. The number of aromatic nitrogens is 4. The number of thiazole rings is 1. The number of ether oxygens (including phenoxy) is 1. The Kier molecular flexibility index (Phi) is 7.11. The highest BCUT2D eigenvalue weighted by Crippen LogP contribution is 2.30. The minimum absolute atomic E-state index is 0.144. The molecule has 182 valence electrons. The van der Waals surface area contributed by atoms with E-state index in [9.17, 15) is 10.1 Å². The molecule has 1 atom stereocenters. The second-order valence-electron chi connectivity index (χ2n) is 8.61. The van der Waals surface area contributed by atoms with E-state index in [0.29, 0.717) is 17.3 Å². The summed E-state index contributed by atoms with van der Waals surface area (Å²) in [6.07, 6.45) is 5.01. The molecule has 5 rings (SSSR count). The van der Waals surface area contributed by atoms with E-state index in [1.807, 2.05) is 23.1 Å². The molecule has 36 heavy (non-hydrogen) atoms. The van der Waals surface area contributed by atoms with Gasteiger partial charge in [0.2, 0.25) is 5.91 Å². The Bertz CT molecular complexity index is 1360. The van der Waals surface area contributed by atoms with Crippen molar-refractivity contribution in [2.75, 3.05) is 26.2 Å². The first-order valence-corrected chi connectivity index (χ1v) is 12.5. The summed E-state index contributed by atoms with van der Waals surface area (Å²) >= 11 is 1.46. The number of carbonyl (C=O) groups is 1. The van der Waals surface area contributed by atoms with E-state index in [1.54, 1.807) is 31.6 Å². The second kappa shape index (κ2) is 10.8. The molecule has 4 heterocycles. The van der Waals surface area contributed by atoms with Gasteiger partial charge in [0.25, 0.3) is 0 Å². The molecule has 1 amide bonds. The van der Waals surface area contributed by atoms with Gasteiger partial charge >= 0.3 is 6.01 Å². The number of benzene rings is 1. The first-order chi connectivity index (χ1) is 17.6. The largest absolute Gasteiger partial charge is 0.459 e. The van der Waals surface area contributed by atoms with Crippen LogP contribution < -0.4 is 4.74 Å². The van der Waals surface area contributed by atoms with Gasteiger partial charge in [0.1, 0.15) is 17.5 Å². The third-order valence-electron chi connectivity index (χ3n) is 6.15. The highest BCUT2D eigenvalue weighted by atomic mass is 32.1. The highest BCUT2D eigenvalue weighted by Gasteiger charge is 2.21. The molecular weight excluding hydrogens is 474 g/mol. The van der Waals surface area contributed by atoms with Crippen LogP contribution in [0, 0.1) is 11.3 Å². The maximum Gasteiger partial charge on any atom is 0.316 e. The van der Waals surface area contributed by atoms with Crippen LogP contribution in [-0.4, -0.2) is 61.8 Å². The number of amides is 1. The number of fused-ring (bicyclic) bond motifs is 1. The van der Waals surface area contributed by atoms with Crippen molar-refractivity contribution in [3.05, 3.63) is 76.8 Å². The number of pyridine rings is 1. The molecule has 0 spiro atoms. The zero-order valence-electron chi connectivity index (χ0n) is 19.9. The molecule has 0 aliphatic carbocycles. The number of hydrogen-bond donors (Lipinski definition) is 0. The second-order valence-corrected chi connectivity index (χ2v) is 9.67. The molecule has 0 bridgehead atoms. The van der Waals surface area contributed by atoms with Gasteiger partial charge in [-0.25, -0.2) is 9.97 Å². The Morgan fingerprint density at radius 2 is 1.86 bits per heavy atom. The third-order valence-corrected chi connectivity index (χ3v) is 7.25. The number of nitriles is 1. The van der Waals surface area contributed by atoms with Gasteiger partial charge in [0.15, 0.2) is 0 Å². The lowest BCUT2D eigenvalue weighted by molar-refractivity contribution is -0.130. The van der Waals surface area contributed by atoms with Gasteiger partial charge in [0.05, 0.1) is 28.2 Å². The molecule has 1 aromatic carbocycles. The summed E-state index contributed by atoms with van der Waals surface area (Å²) in [4.78, 5) is 33.1. The van der Waals surface area contributed by atoms with Gasteiger partial charge in [0, 0.05) is 52.0 Å². The Hall–Kier alpha value is -3.94. The van der Waals surface area contributed by atoms with Crippen molar-refractivity contribution in [1.29, 1.82) is 5.26 Å². The van der Waals surface area contributed by atoms with Crippen LogP contribution in [0.25, 0.3) is 10.2 Å². The molecule has 3 aromatic heterocycles. The molecule has 0 saturated carbocycles. The first kappa shape index (κ1) is 23.8. The Morgan fingerprint density at radius 1 is 1.08 bits per heavy atom. The van der Waals surface area contributed by atoms with Crippen molar-refractivity contribution >= 4 is 27.5 Å². The maximum absolute atomic E-state index is 11.5. The van der Waals surface area contributed by atoms with Crippen LogP contribution in [0.5, 0.6) is 6.01 Å². The quantitative estimate of drug-likeness (QED) is 0.381. The van der Waals surface area contributed by atoms with Crippen molar-refractivity contribution in [2.45, 2.75) is 26.0 Å². The highest BCUT2D eigenvalue weighted by molar-refractivity contribution is 7.18. The molecule has 1 aliphatic heterocycles. The van der Waals surface area contributed by atoms with E-state index in [4.69, 9.17) is 4.74 Å². The summed E-state index contributed by atoms with van der Waals surface area (Å²) in [5, 5.41) is 10.5. The van der Waals surface area contributed by atoms with Crippen molar-refractivity contribution in [3.63, 3.8) is 0 Å². The van der Waals surface area contributed by atoms with Crippen LogP contribution >= 0.6 is 11.3 Å².